The molecule has 0 N–H and O–H groups in total. The number of amides is 1. The summed E-state index contributed by atoms with van der Waals surface area (Å²) in [6, 6.07) is 7.73. The van der Waals surface area contributed by atoms with E-state index in [1.807, 2.05) is 41.8 Å². The van der Waals surface area contributed by atoms with E-state index in [1.165, 1.54) is 0 Å². The summed E-state index contributed by atoms with van der Waals surface area (Å²) in [6.07, 6.45) is 7.49. The van der Waals surface area contributed by atoms with Gasteiger partial charge in [0.05, 0.1) is 11.6 Å². The molecule has 26 heavy (non-hydrogen) atoms. The Morgan fingerprint density at radius 3 is 2.85 bits per heavy atom. The van der Waals surface area contributed by atoms with Crippen LogP contribution in [0, 0.1) is 0 Å². The number of rotatable bonds is 4. The SMILES string of the molecule is CCN(C)C(=O)c1nc(C2CCCN2c2ncccn2)n2ccccc12. The van der Waals surface area contributed by atoms with E-state index in [1.54, 1.807) is 24.3 Å². The number of anilines is 1. The highest BCUT2D eigenvalue weighted by atomic mass is 16.2. The van der Waals surface area contributed by atoms with Gasteiger partial charge in [-0.3, -0.25) is 4.79 Å². The molecule has 1 atom stereocenters. The highest BCUT2D eigenvalue weighted by molar-refractivity contribution is 5.99. The van der Waals surface area contributed by atoms with Gasteiger partial charge in [-0.15, -0.1) is 0 Å². The van der Waals surface area contributed by atoms with E-state index < -0.39 is 0 Å². The minimum atomic E-state index is -0.0528. The fraction of sp³-hybridized carbons (Fsp3) is 0.368. The van der Waals surface area contributed by atoms with E-state index in [0.29, 0.717) is 18.2 Å². The molecule has 1 aliphatic heterocycles. The summed E-state index contributed by atoms with van der Waals surface area (Å²) in [5, 5.41) is 0. The van der Waals surface area contributed by atoms with Gasteiger partial charge in [0, 0.05) is 38.7 Å². The first-order valence-electron chi connectivity index (χ1n) is 8.96. The monoisotopic (exact) mass is 350 g/mol. The molecule has 1 unspecified atom stereocenters. The molecule has 1 aliphatic rings. The molecule has 3 aromatic rings. The minimum Gasteiger partial charge on any atom is -0.341 e. The van der Waals surface area contributed by atoms with Crippen molar-refractivity contribution in [1.29, 1.82) is 0 Å². The minimum absolute atomic E-state index is 0.0528. The molecule has 0 bridgehead atoms. The molecule has 134 valence electrons. The lowest BCUT2D eigenvalue weighted by Crippen LogP contribution is -2.27. The first kappa shape index (κ1) is 16.5. The van der Waals surface area contributed by atoms with Crippen LogP contribution in [-0.2, 0) is 0 Å². The van der Waals surface area contributed by atoms with Crippen molar-refractivity contribution in [2.45, 2.75) is 25.8 Å². The first-order chi connectivity index (χ1) is 12.7. The molecule has 0 spiro atoms. The van der Waals surface area contributed by atoms with Crippen molar-refractivity contribution in [3.63, 3.8) is 0 Å². The normalized spacial score (nSPS) is 17.0. The van der Waals surface area contributed by atoms with Gasteiger partial charge in [0.1, 0.15) is 5.82 Å². The highest BCUT2D eigenvalue weighted by Gasteiger charge is 2.33. The largest absolute Gasteiger partial charge is 0.341 e. The molecular weight excluding hydrogens is 328 g/mol. The van der Waals surface area contributed by atoms with E-state index in [2.05, 4.69) is 14.9 Å². The van der Waals surface area contributed by atoms with Gasteiger partial charge < -0.3 is 14.2 Å². The lowest BCUT2D eigenvalue weighted by atomic mass is 10.2. The van der Waals surface area contributed by atoms with Crippen molar-refractivity contribution < 1.29 is 4.79 Å². The van der Waals surface area contributed by atoms with Crippen LogP contribution >= 0.6 is 0 Å². The molecule has 0 saturated carbocycles. The molecule has 0 radical (unpaired) electrons. The third kappa shape index (κ3) is 2.69. The molecule has 1 saturated heterocycles. The van der Waals surface area contributed by atoms with E-state index in [-0.39, 0.29) is 11.9 Å². The number of carbonyl (C=O) groups excluding carboxylic acids is 1. The van der Waals surface area contributed by atoms with Gasteiger partial charge in [0.2, 0.25) is 5.95 Å². The number of hydrogen-bond acceptors (Lipinski definition) is 5. The van der Waals surface area contributed by atoms with E-state index in [9.17, 15) is 4.79 Å². The van der Waals surface area contributed by atoms with Crippen LogP contribution in [0.1, 0.15) is 42.1 Å². The Morgan fingerprint density at radius 2 is 2.08 bits per heavy atom. The summed E-state index contributed by atoms with van der Waals surface area (Å²) in [6.45, 7) is 3.49. The van der Waals surface area contributed by atoms with E-state index in [0.717, 1.165) is 30.7 Å². The van der Waals surface area contributed by atoms with E-state index >= 15 is 0 Å². The molecule has 4 heterocycles. The van der Waals surface area contributed by atoms with Gasteiger partial charge in [-0.1, -0.05) is 6.07 Å². The maximum Gasteiger partial charge on any atom is 0.274 e. The van der Waals surface area contributed by atoms with E-state index in [4.69, 9.17) is 4.98 Å². The van der Waals surface area contributed by atoms with Crippen LogP contribution in [0.2, 0.25) is 0 Å². The van der Waals surface area contributed by atoms with Crippen LogP contribution in [0.5, 0.6) is 0 Å². The molecule has 7 heteroatoms. The molecule has 3 aromatic heterocycles. The number of imidazole rings is 1. The molecule has 0 aromatic carbocycles. The zero-order chi connectivity index (χ0) is 18.1. The Bertz CT molecular complexity index is 922. The Morgan fingerprint density at radius 1 is 1.27 bits per heavy atom. The van der Waals surface area contributed by atoms with Gasteiger partial charge in [-0.2, -0.15) is 0 Å². The Kier molecular flexibility index (Phi) is 4.28. The Labute approximate surface area is 152 Å². The second kappa shape index (κ2) is 6.74. The topological polar surface area (TPSA) is 66.6 Å². The van der Waals surface area contributed by atoms with Gasteiger partial charge >= 0.3 is 0 Å². The van der Waals surface area contributed by atoms with Crippen LogP contribution < -0.4 is 4.90 Å². The average Bonchev–Trinajstić information content (AvgIpc) is 3.32. The van der Waals surface area contributed by atoms with Crippen molar-refractivity contribution in [2.24, 2.45) is 0 Å². The van der Waals surface area contributed by atoms with Crippen LogP contribution in [0.4, 0.5) is 5.95 Å². The lowest BCUT2D eigenvalue weighted by Gasteiger charge is -2.23. The molecule has 1 amide bonds. The average molecular weight is 350 g/mol. The Hall–Kier alpha value is -2.96. The number of nitrogens with zero attached hydrogens (tertiary/aromatic N) is 6. The summed E-state index contributed by atoms with van der Waals surface area (Å²) in [5.74, 6) is 1.53. The van der Waals surface area contributed by atoms with Crippen molar-refractivity contribution >= 4 is 17.4 Å². The zero-order valence-electron chi connectivity index (χ0n) is 15.0. The third-order valence-electron chi connectivity index (χ3n) is 4.96. The summed E-state index contributed by atoms with van der Waals surface area (Å²) in [4.78, 5) is 30.2. The molecule has 4 rings (SSSR count). The smallest absolute Gasteiger partial charge is 0.274 e. The number of aromatic nitrogens is 4. The fourth-order valence-electron chi connectivity index (χ4n) is 3.49. The van der Waals surface area contributed by atoms with Gasteiger partial charge in [0.25, 0.3) is 5.91 Å². The summed E-state index contributed by atoms with van der Waals surface area (Å²) >= 11 is 0. The van der Waals surface area contributed by atoms with Crippen molar-refractivity contribution in [3.05, 3.63) is 54.4 Å². The highest BCUT2D eigenvalue weighted by Crippen LogP contribution is 2.34. The van der Waals surface area contributed by atoms with Crippen molar-refractivity contribution in [2.75, 3.05) is 25.0 Å². The van der Waals surface area contributed by atoms with Crippen LogP contribution in [-0.4, -0.2) is 50.3 Å². The quantitative estimate of drug-likeness (QED) is 0.723. The summed E-state index contributed by atoms with van der Waals surface area (Å²) in [7, 11) is 1.80. The van der Waals surface area contributed by atoms with Crippen LogP contribution in [0.25, 0.3) is 5.52 Å². The molecule has 0 aliphatic carbocycles. The predicted molar refractivity (Wildman–Crippen MR) is 99.2 cm³/mol. The number of hydrogen-bond donors (Lipinski definition) is 0. The van der Waals surface area contributed by atoms with Gasteiger partial charge in [-0.05, 0) is 38.0 Å². The van der Waals surface area contributed by atoms with Gasteiger partial charge in [-0.25, -0.2) is 15.0 Å². The third-order valence-corrected chi connectivity index (χ3v) is 4.96. The second-order valence-electron chi connectivity index (χ2n) is 6.49. The van der Waals surface area contributed by atoms with Crippen molar-refractivity contribution in [3.8, 4) is 0 Å². The summed E-state index contributed by atoms with van der Waals surface area (Å²) < 4.78 is 2.03. The first-order valence-corrected chi connectivity index (χ1v) is 8.96. The second-order valence-corrected chi connectivity index (χ2v) is 6.49. The molecule has 7 nitrogen and oxygen atoms in total. The molecule has 1 fully saturated rings. The zero-order valence-corrected chi connectivity index (χ0v) is 15.0. The number of pyridine rings is 1. The maximum absolute atomic E-state index is 12.8. The predicted octanol–water partition coefficient (Wildman–Crippen LogP) is 2.56. The number of fused-ring (bicyclic) bond motifs is 1. The van der Waals surface area contributed by atoms with Crippen molar-refractivity contribution in [1.82, 2.24) is 24.3 Å². The number of carbonyl (C=O) groups is 1. The summed E-state index contributed by atoms with van der Waals surface area (Å²) in [5.41, 5.74) is 1.35. The molecular formula is C19H22N6O. The maximum atomic E-state index is 12.8. The Balaban J connectivity index is 1.80. The lowest BCUT2D eigenvalue weighted by molar-refractivity contribution is 0.0799. The van der Waals surface area contributed by atoms with Crippen LogP contribution in [0.15, 0.2) is 42.9 Å². The fourth-order valence-corrected chi connectivity index (χ4v) is 3.49. The standard InChI is InChI=1S/C19H22N6O/c1-3-23(2)18(26)16-14-8-4-5-12-24(14)17(22-16)15-9-6-13-25(15)19-20-10-7-11-21-19/h4-5,7-8,10-12,15H,3,6,9,13H2,1-2H3. The van der Waals surface area contributed by atoms with Crippen LogP contribution in [0.3, 0.4) is 0 Å². The van der Waals surface area contributed by atoms with Gasteiger partial charge in [0.15, 0.2) is 5.69 Å².